The lowest BCUT2D eigenvalue weighted by atomic mass is 9.77. The summed E-state index contributed by atoms with van der Waals surface area (Å²) >= 11 is 6.23. The highest BCUT2D eigenvalue weighted by Gasteiger charge is 2.54. The average molecular weight is 545 g/mol. The largest absolute Gasteiger partial charge is 0.388 e. The number of carbonyl (C=O) groups is 2. The van der Waals surface area contributed by atoms with Gasteiger partial charge in [0.15, 0.2) is 27.3 Å². The second-order valence-corrected chi connectivity index (χ2v) is 12.0. The van der Waals surface area contributed by atoms with Crippen LogP contribution in [0.1, 0.15) is 43.0 Å². The first-order valence-electron chi connectivity index (χ1n) is 11.3. The van der Waals surface area contributed by atoms with Crippen LogP contribution in [0.3, 0.4) is 0 Å². The Morgan fingerprint density at radius 3 is 2.22 bits per heavy atom. The Labute approximate surface area is 210 Å². The molecule has 2 fully saturated rings. The first-order valence-corrected chi connectivity index (χ1v) is 13.2. The fraction of sp³-hybridized carbons (Fsp3) is 0.417. The van der Waals surface area contributed by atoms with Gasteiger partial charge in [-0.3, -0.25) is 9.59 Å². The molecule has 2 saturated carbocycles. The van der Waals surface area contributed by atoms with E-state index in [9.17, 15) is 36.3 Å². The summed E-state index contributed by atoms with van der Waals surface area (Å²) in [5, 5.41) is 14.9. The lowest BCUT2D eigenvalue weighted by Crippen LogP contribution is -2.51. The summed E-state index contributed by atoms with van der Waals surface area (Å²) in [4.78, 5) is 23.7. The Kier molecular flexibility index (Phi) is 7.11. The summed E-state index contributed by atoms with van der Waals surface area (Å²) in [5.41, 5.74) is -1.69. The normalized spacial score (nSPS) is 25.4. The van der Waals surface area contributed by atoms with Gasteiger partial charge < -0.3 is 15.7 Å². The maximum Gasteiger partial charge on any atom is 0.255 e. The third-order valence-corrected chi connectivity index (χ3v) is 9.77. The Balaban J connectivity index is 1.59. The van der Waals surface area contributed by atoms with Gasteiger partial charge in [-0.2, -0.15) is 0 Å². The molecule has 2 bridgehead atoms. The average Bonchev–Trinajstić information content (AvgIpc) is 3.09. The lowest BCUT2D eigenvalue weighted by molar-refractivity contribution is -0.121. The van der Waals surface area contributed by atoms with E-state index in [1.54, 1.807) is 0 Å². The van der Waals surface area contributed by atoms with E-state index in [0.29, 0.717) is 25.0 Å². The Morgan fingerprint density at radius 1 is 1.08 bits per heavy atom. The summed E-state index contributed by atoms with van der Waals surface area (Å²) in [6.45, 7) is 1.37. The zero-order valence-electron chi connectivity index (χ0n) is 19.2. The van der Waals surface area contributed by atoms with Gasteiger partial charge in [-0.05, 0) is 55.7 Å². The van der Waals surface area contributed by atoms with Crippen molar-refractivity contribution in [1.82, 2.24) is 5.32 Å². The van der Waals surface area contributed by atoms with Gasteiger partial charge in [0.25, 0.3) is 5.91 Å². The molecule has 7 nitrogen and oxygen atoms in total. The van der Waals surface area contributed by atoms with Crippen molar-refractivity contribution in [2.45, 2.75) is 48.4 Å². The highest BCUT2D eigenvalue weighted by atomic mass is 35.5. The smallest absolute Gasteiger partial charge is 0.255 e. The van der Waals surface area contributed by atoms with Crippen molar-refractivity contribution in [1.29, 1.82) is 0 Å². The zero-order valence-corrected chi connectivity index (χ0v) is 20.7. The van der Waals surface area contributed by atoms with E-state index in [2.05, 4.69) is 10.6 Å². The second-order valence-electron chi connectivity index (χ2n) is 9.50. The molecule has 0 aliphatic heterocycles. The minimum atomic E-state index is -4.04. The number of hydrogen-bond donors (Lipinski definition) is 3. The Morgan fingerprint density at radius 2 is 1.67 bits per heavy atom. The lowest BCUT2D eigenvalue weighted by Gasteiger charge is -2.41. The fourth-order valence-electron chi connectivity index (χ4n) is 5.42. The molecular weight excluding hydrogens is 521 g/mol. The number of nitrogens with one attached hydrogen (secondary N) is 2. The minimum absolute atomic E-state index is 0.0308. The molecule has 0 heterocycles. The number of aliphatic hydroxyl groups is 1. The first-order chi connectivity index (χ1) is 16.8. The third kappa shape index (κ3) is 5.09. The number of fused-ring (bicyclic) bond motifs is 2. The standard InChI is InChI=1S/C24H24ClF3N2O5S/c1-12(31)29-11-24(33)9-14-2-3-15(10-24)22(14)36(34,35)20-6-13(4-5-17(20)25)23(32)30-16-7-18(26)21(28)19(27)8-16/h4-8,14-15,22,33H,2-3,9-11H2,1H3,(H,29,31)(H,30,32)/t14-,15?,22?,24+/m1/s1. The maximum absolute atomic E-state index is 13.7. The van der Waals surface area contributed by atoms with E-state index in [1.807, 2.05) is 0 Å². The van der Waals surface area contributed by atoms with Gasteiger partial charge in [-0.25, -0.2) is 21.6 Å². The van der Waals surface area contributed by atoms with Crippen LogP contribution in [0.2, 0.25) is 5.02 Å². The second kappa shape index (κ2) is 9.68. The van der Waals surface area contributed by atoms with Crippen molar-refractivity contribution in [3.63, 3.8) is 0 Å². The van der Waals surface area contributed by atoms with Gasteiger partial charge in [0, 0.05) is 36.9 Å². The van der Waals surface area contributed by atoms with Crippen LogP contribution in [0.4, 0.5) is 18.9 Å². The van der Waals surface area contributed by atoms with E-state index in [0.717, 1.165) is 6.07 Å². The molecule has 2 aliphatic carbocycles. The minimum Gasteiger partial charge on any atom is -0.388 e. The predicted octanol–water partition coefficient (Wildman–Crippen LogP) is 3.84. The van der Waals surface area contributed by atoms with Crippen molar-refractivity contribution in [3.05, 3.63) is 58.4 Å². The van der Waals surface area contributed by atoms with Crippen molar-refractivity contribution >= 4 is 38.9 Å². The van der Waals surface area contributed by atoms with Crippen molar-refractivity contribution < 1.29 is 36.3 Å². The van der Waals surface area contributed by atoms with Crippen LogP contribution in [-0.4, -0.2) is 42.7 Å². The van der Waals surface area contributed by atoms with Crippen LogP contribution in [0.15, 0.2) is 35.2 Å². The quantitative estimate of drug-likeness (QED) is 0.478. The molecule has 2 aromatic carbocycles. The van der Waals surface area contributed by atoms with Crippen LogP contribution < -0.4 is 10.6 Å². The number of rotatable bonds is 6. The van der Waals surface area contributed by atoms with Gasteiger partial charge in [-0.1, -0.05) is 11.6 Å². The van der Waals surface area contributed by atoms with E-state index in [-0.39, 0.29) is 58.3 Å². The van der Waals surface area contributed by atoms with Gasteiger partial charge in [0.2, 0.25) is 5.91 Å². The molecular formula is C24H24ClF3N2O5S. The van der Waals surface area contributed by atoms with E-state index in [4.69, 9.17) is 11.6 Å². The molecule has 194 valence electrons. The molecule has 12 heteroatoms. The first kappa shape index (κ1) is 26.4. The summed E-state index contributed by atoms with van der Waals surface area (Å²) < 4.78 is 67.6. The Hall–Kier alpha value is -2.63. The fourth-order valence-corrected chi connectivity index (χ4v) is 8.26. The molecule has 2 unspecified atom stereocenters. The van der Waals surface area contributed by atoms with Gasteiger partial charge >= 0.3 is 0 Å². The van der Waals surface area contributed by atoms with Crippen molar-refractivity contribution in [2.75, 3.05) is 11.9 Å². The van der Waals surface area contributed by atoms with Crippen LogP contribution >= 0.6 is 11.6 Å². The van der Waals surface area contributed by atoms with E-state index in [1.165, 1.54) is 19.1 Å². The number of halogens is 4. The van der Waals surface area contributed by atoms with Crippen molar-refractivity contribution in [3.8, 4) is 0 Å². The molecule has 0 radical (unpaired) electrons. The monoisotopic (exact) mass is 544 g/mol. The summed E-state index contributed by atoms with van der Waals surface area (Å²) in [5.74, 6) is -6.56. The highest BCUT2D eigenvalue weighted by Crippen LogP contribution is 2.51. The number of benzene rings is 2. The molecule has 2 amide bonds. The molecule has 2 aromatic rings. The Bertz CT molecular complexity index is 1300. The molecule has 36 heavy (non-hydrogen) atoms. The molecule has 4 atom stereocenters. The van der Waals surface area contributed by atoms with Crippen LogP contribution in [-0.2, 0) is 14.6 Å². The number of sulfone groups is 1. The summed E-state index contributed by atoms with van der Waals surface area (Å²) in [6, 6.07) is 4.81. The third-order valence-electron chi connectivity index (χ3n) is 6.89. The predicted molar refractivity (Wildman–Crippen MR) is 126 cm³/mol. The van der Waals surface area contributed by atoms with Gasteiger partial charge in [0.1, 0.15) is 0 Å². The van der Waals surface area contributed by atoms with Gasteiger partial charge in [0.05, 0.1) is 20.8 Å². The summed E-state index contributed by atoms with van der Waals surface area (Å²) in [6.07, 6.45) is 1.53. The van der Waals surface area contributed by atoms with Gasteiger partial charge in [-0.15, -0.1) is 0 Å². The molecule has 2 aliphatic rings. The summed E-state index contributed by atoms with van der Waals surface area (Å²) in [7, 11) is -4.04. The van der Waals surface area contributed by atoms with E-state index < -0.39 is 44.0 Å². The molecule has 4 rings (SSSR count). The highest BCUT2D eigenvalue weighted by molar-refractivity contribution is 7.92. The molecule has 0 aromatic heterocycles. The molecule has 0 saturated heterocycles. The topological polar surface area (TPSA) is 113 Å². The molecule has 3 N–H and O–H groups in total. The van der Waals surface area contributed by atoms with Crippen LogP contribution in [0, 0.1) is 29.3 Å². The zero-order chi connectivity index (χ0) is 26.4. The SMILES string of the molecule is CC(=O)NC[C@@]1(O)CC2CC[C@H](C1)C2S(=O)(=O)c1cc(C(=O)Nc2cc(F)c(F)c(F)c2)ccc1Cl. The number of amides is 2. The maximum atomic E-state index is 13.7. The number of anilines is 1. The van der Waals surface area contributed by atoms with E-state index >= 15 is 0 Å². The van der Waals surface area contributed by atoms with Crippen LogP contribution in [0.5, 0.6) is 0 Å². The van der Waals surface area contributed by atoms with Crippen LogP contribution in [0.25, 0.3) is 0 Å². The number of carbonyl (C=O) groups excluding carboxylic acids is 2. The number of hydrogen-bond acceptors (Lipinski definition) is 5. The van der Waals surface area contributed by atoms with Crippen molar-refractivity contribution in [2.24, 2.45) is 11.8 Å². The molecule has 0 spiro atoms.